The molecule has 0 amide bonds. The van der Waals surface area contributed by atoms with Gasteiger partial charge in [-0.1, -0.05) is 45.6 Å². The lowest BCUT2D eigenvalue weighted by atomic mass is 9.97. The first-order chi connectivity index (χ1) is 12.6. The van der Waals surface area contributed by atoms with Crippen LogP contribution in [-0.2, 0) is 20.1 Å². The van der Waals surface area contributed by atoms with E-state index in [1.165, 1.54) is 19.2 Å². The fourth-order valence-electron chi connectivity index (χ4n) is 2.33. The molecule has 0 saturated carbocycles. The molecule has 0 spiro atoms. The molecule has 1 aromatic carbocycles. The highest BCUT2D eigenvalue weighted by molar-refractivity contribution is 6.74. The van der Waals surface area contributed by atoms with E-state index >= 15 is 0 Å². The Labute approximate surface area is 166 Å². The molecule has 0 heterocycles. The van der Waals surface area contributed by atoms with E-state index in [9.17, 15) is 18.0 Å². The number of benzene rings is 1. The molecule has 0 aliphatic rings. The molecule has 0 aliphatic heterocycles. The lowest BCUT2D eigenvalue weighted by molar-refractivity contribution is -0.137. The summed E-state index contributed by atoms with van der Waals surface area (Å²) in [4.78, 5) is 12.4. The van der Waals surface area contributed by atoms with Crippen molar-refractivity contribution < 1.29 is 27.1 Å². The minimum Gasteiger partial charge on any atom is -0.465 e. The summed E-state index contributed by atoms with van der Waals surface area (Å²) in [6.45, 7) is 16.0. The van der Waals surface area contributed by atoms with Crippen molar-refractivity contribution in [2.45, 2.75) is 57.6 Å². The van der Waals surface area contributed by atoms with Gasteiger partial charge in [0.15, 0.2) is 8.32 Å². The number of alkyl halides is 3. The van der Waals surface area contributed by atoms with Gasteiger partial charge in [-0.25, -0.2) is 4.79 Å². The molecule has 0 aromatic heterocycles. The lowest BCUT2D eigenvalue weighted by Crippen LogP contribution is -2.47. The summed E-state index contributed by atoms with van der Waals surface area (Å²) in [7, 11) is -1.00. The smallest absolute Gasteiger partial charge is 0.416 e. The third-order valence-electron chi connectivity index (χ3n) is 5.05. The molecule has 0 radical (unpaired) electrons. The van der Waals surface area contributed by atoms with Gasteiger partial charge in [0.25, 0.3) is 0 Å². The second-order valence-electron chi connectivity index (χ2n) is 8.38. The van der Waals surface area contributed by atoms with E-state index < -0.39 is 31.6 Å². The Morgan fingerprint density at radius 3 is 1.93 bits per heavy atom. The number of carbonyl (C=O) groups excluding carboxylic acids is 1. The van der Waals surface area contributed by atoms with Crippen LogP contribution in [0.1, 0.15) is 38.8 Å². The van der Waals surface area contributed by atoms with Gasteiger partial charge in [0, 0.05) is 0 Å². The maximum Gasteiger partial charge on any atom is 0.416 e. The molecule has 3 nitrogen and oxygen atoms in total. The van der Waals surface area contributed by atoms with Crippen molar-refractivity contribution in [3.8, 4) is 0 Å². The van der Waals surface area contributed by atoms with E-state index in [2.05, 4.69) is 40.4 Å². The van der Waals surface area contributed by atoms with Crippen molar-refractivity contribution in [1.82, 2.24) is 0 Å². The van der Waals surface area contributed by atoms with E-state index in [1.807, 2.05) is 0 Å². The molecule has 0 aliphatic carbocycles. The Bertz CT molecular complexity index is 744. The fraction of sp³-hybridized carbons (Fsp3) is 0.476. The highest BCUT2D eigenvalue weighted by Crippen LogP contribution is 2.40. The number of halogens is 3. The standard InChI is InChI=1S/C21H29F3O3Si/c1-9-20(5,27-28(7,8)19(2,3)4)14-17(18(25)26-6)15-10-12-16(13-11-15)21(22,23)24/h9-14H,1H2,2-8H3/b17-14+. The normalized spacial score (nSPS) is 15.7. The zero-order valence-electron chi connectivity index (χ0n) is 17.5. The van der Waals surface area contributed by atoms with Crippen LogP contribution in [0.5, 0.6) is 0 Å². The zero-order valence-corrected chi connectivity index (χ0v) is 18.5. The van der Waals surface area contributed by atoms with E-state index in [0.717, 1.165) is 12.1 Å². The molecule has 1 unspecified atom stereocenters. The first-order valence-corrected chi connectivity index (χ1v) is 11.8. The molecular formula is C21H29F3O3Si. The summed E-state index contributed by atoms with van der Waals surface area (Å²) in [6, 6.07) is 4.38. The van der Waals surface area contributed by atoms with Gasteiger partial charge in [0.1, 0.15) is 0 Å². The van der Waals surface area contributed by atoms with Crippen molar-refractivity contribution in [1.29, 1.82) is 0 Å². The molecule has 0 saturated heterocycles. The molecule has 0 N–H and O–H groups in total. The van der Waals surface area contributed by atoms with Gasteiger partial charge in [-0.05, 0) is 48.8 Å². The summed E-state index contributed by atoms with van der Waals surface area (Å²) < 4.78 is 49.8. The Kier molecular flexibility index (Phi) is 7.12. The third kappa shape index (κ3) is 5.82. The van der Waals surface area contributed by atoms with Crippen LogP contribution in [0.4, 0.5) is 13.2 Å². The third-order valence-corrected chi connectivity index (χ3v) is 9.61. The quantitative estimate of drug-likeness (QED) is 0.240. The average molecular weight is 415 g/mol. The van der Waals surface area contributed by atoms with E-state index in [0.29, 0.717) is 5.56 Å². The molecule has 28 heavy (non-hydrogen) atoms. The highest BCUT2D eigenvalue weighted by Gasteiger charge is 2.42. The van der Waals surface area contributed by atoms with Crippen LogP contribution in [0.3, 0.4) is 0 Å². The minimum absolute atomic E-state index is 0.0785. The number of esters is 1. The molecule has 1 atom stereocenters. The van der Waals surface area contributed by atoms with Crippen LogP contribution < -0.4 is 0 Å². The number of ether oxygens (including phenoxy) is 1. The summed E-state index contributed by atoms with van der Waals surface area (Å²) in [5.41, 5.74) is -1.34. The second-order valence-corrected chi connectivity index (χ2v) is 13.1. The van der Waals surface area contributed by atoms with Crippen LogP contribution >= 0.6 is 0 Å². The van der Waals surface area contributed by atoms with Gasteiger partial charge in [0.05, 0.1) is 23.8 Å². The predicted molar refractivity (Wildman–Crippen MR) is 108 cm³/mol. The van der Waals surface area contributed by atoms with Crippen molar-refractivity contribution >= 4 is 19.9 Å². The predicted octanol–water partition coefficient (Wildman–Crippen LogP) is 6.23. The Morgan fingerprint density at radius 1 is 1.07 bits per heavy atom. The maximum absolute atomic E-state index is 12.8. The number of carbonyl (C=O) groups is 1. The van der Waals surface area contributed by atoms with Gasteiger partial charge in [-0.3, -0.25) is 0 Å². The largest absolute Gasteiger partial charge is 0.465 e. The Balaban J connectivity index is 3.44. The molecule has 7 heteroatoms. The average Bonchev–Trinajstić information content (AvgIpc) is 2.57. The second kappa shape index (κ2) is 8.25. The number of methoxy groups -OCH3 is 1. The van der Waals surface area contributed by atoms with Gasteiger partial charge >= 0.3 is 12.1 Å². The molecule has 1 rings (SSSR count). The van der Waals surface area contributed by atoms with Crippen molar-refractivity contribution in [2.24, 2.45) is 0 Å². The van der Waals surface area contributed by atoms with Crippen molar-refractivity contribution in [3.05, 3.63) is 54.1 Å². The van der Waals surface area contributed by atoms with Crippen LogP contribution in [0.15, 0.2) is 43.0 Å². The van der Waals surface area contributed by atoms with Crippen molar-refractivity contribution in [3.63, 3.8) is 0 Å². The first kappa shape index (κ1) is 24.2. The highest BCUT2D eigenvalue weighted by atomic mass is 28.4. The topological polar surface area (TPSA) is 35.5 Å². The molecule has 0 fully saturated rings. The minimum atomic E-state index is -4.45. The Morgan fingerprint density at radius 2 is 1.57 bits per heavy atom. The summed E-state index contributed by atoms with van der Waals surface area (Å²) in [5.74, 6) is -0.660. The fourth-order valence-corrected chi connectivity index (χ4v) is 3.88. The van der Waals surface area contributed by atoms with Gasteiger partial charge in [-0.15, -0.1) is 0 Å². The molecule has 0 bridgehead atoms. The van der Waals surface area contributed by atoms with Gasteiger partial charge in [0.2, 0.25) is 0 Å². The number of hydrogen-bond donors (Lipinski definition) is 0. The lowest BCUT2D eigenvalue weighted by Gasteiger charge is -2.42. The van der Waals surface area contributed by atoms with E-state index in [1.54, 1.807) is 19.1 Å². The monoisotopic (exact) mass is 414 g/mol. The van der Waals surface area contributed by atoms with Crippen LogP contribution in [0.2, 0.25) is 18.1 Å². The molecule has 1 aromatic rings. The van der Waals surface area contributed by atoms with Crippen LogP contribution in [0.25, 0.3) is 5.57 Å². The number of rotatable bonds is 6. The van der Waals surface area contributed by atoms with E-state index in [4.69, 9.17) is 9.16 Å². The number of hydrogen-bond acceptors (Lipinski definition) is 3. The summed E-state index contributed by atoms with van der Waals surface area (Å²) in [5, 5.41) is -0.0785. The van der Waals surface area contributed by atoms with Gasteiger partial charge in [-0.2, -0.15) is 13.2 Å². The molecule has 156 valence electrons. The van der Waals surface area contributed by atoms with Crippen molar-refractivity contribution in [2.75, 3.05) is 7.11 Å². The zero-order chi connectivity index (χ0) is 22.0. The summed E-state index contributed by atoms with van der Waals surface area (Å²) in [6.07, 6.45) is -1.30. The van der Waals surface area contributed by atoms with Crippen LogP contribution in [-0.4, -0.2) is 27.0 Å². The SMILES string of the molecule is C=CC(C)(/C=C(/C(=O)OC)c1ccc(C(F)(F)F)cc1)O[Si](C)(C)C(C)(C)C. The van der Waals surface area contributed by atoms with E-state index in [-0.39, 0.29) is 10.6 Å². The Hall–Kier alpha value is -1.86. The molecular weight excluding hydrogens is 385 g/mol. The van der Waals surface area contributed by atoms with Gasteiger partial charge < -0.3 is 9.16 Å². The summed E-state index contributed by atoms with van der Waals surface area (Å²) >= 11 is 0. The maximum atomic E-state index is 12.8. The first-order valence-electron chi connectivity index (χ1n) is 8.89. The van der Waals surface area contributed by atoms with Crippen LogP contribution in [0, 0.1) is 0 Å².